The summed E-state index contributed by atoms with van der Waals surface area (Å²) in [7, 11) is 1.39. The number of benzene rings is 3. The van der Waals surface area contributed by atoms with E-state index in [-0.39, 0.29) is 5.97 Å². The number of carbonyl (C=O) groups is 1. The third kappa shape index (κ3) is 5.32. The topological polar surface area (TPSA) is 35.5 Å². The lowest BCUT2D eigenvalue weighted by atomic mass is 10.1. The highest BCUT2D eigenvalue weighted by atomic mass is 16.5. The Bertz CT molecular complexity index is 914. The van der Waals surface area contributed by atoms with Crippen LogP contribution in [0.4, 0.5) is 0 Å². The summed E-state index contributed by atoms with van der Waals surface area (Å²) in [5.41, 5.74) is 3.77. The molecule has 0 bridgehead atoms. The minimum absolute atomic E-state index is 0.329. The average Bonchev–Trinajstić information content (AvgIpc) is 2.73. The van der Waals surface area contributed by atoms with Crippen LogP contribution >= 0.6 is 0 Å². The molecule has 3 aromatic carbocycles. The molecule has 0 saturated heterocycles. The Labute approximate surface area is 159 Å². The zero-order chi connectivity index (χ0) is 18.9. The number of ether oxygens (including phenoxy) is 2. The maximum absolute atomic E-state index is 11.6. The summed E-state index contributed by atoms with van der Waals surface area (Å²) in [6, 6.07) is 25.5. The van der Waals surface area contributed by atoms with Crippen LogP contribution < -0.4 is 4.74 Å². The number of hydrogen-bond donors (Lipinski definition) is 0. The molecule has 3 heteroatoms. The fourth-order valence-electron chi connectivity index (χ4n) is 2.76. The van der Waals surface area contributed by atoms with Crippen LogP contribution in [0, 0.1) is 0 Å². The van der Waals surface area contributed by atoms with Gasteiger partial charge >= 0.3 is 5.97 Å². The molecule has 0 unspecified atom stereocenters. The van der Waals surface area contributed by atoms with E-state index in [4.69, 9.17) is 9.47 Å². The van der Waals surface area contributed by atoms with E-state index in [1.165, 1.54) is 7.11 Å². The number of methoxy groups -OCH3 is 1. The number of esters is 1. The summed E-state index contributed by atoms with van der Waals surface area (Å²) in [6.45, 7) is 0.544. The molecule has 0 N–H and O–H groups in total. The Morgan fingerprint density at radius 1 is 0.926 bits per heavy atom. The number of carbonyl (C=O) groups excluding carboxylic acids is 1. The predicted octanol–water partition coefficient (Wildman–Crippen LogP) is 5.31. The molecule has 3 nitrogen and oxygen atoms in total. The van der Waals surface area contributed by atoms with Crippen LogP contribution in [0.1, 0.15) is 27.0 Å². The highest BCUT2D eigenvalue weighted by Crippen LogP contribution is 2.21. The van der Waals surface area contributed by atoms with Crippen molar-refractivity contribution in [2.45, 2.75) is 13.0 Å². The Morgan fingerprint density at radius 2 is 1.70 bits per heavy atom. The van der Waals surface area contributed by atoms with Gasteiger partial charge in [0.1, 0.15) is 12.4 Å². The summed E-state index contributed by atoms with van der Waals surface area (Å²) in [4.78, 5) is 11.6. The Morgan fingerprint density at radius 3 is 2.52 bits per heavy atom. The second kappa shape index (κ2) is 9.39. The molecule has 0 amide bonds. The summed E-state index contributed by atoms with van der Waals surface area (Å²) < 4.78 is 10.8. The first-order valence-corrected chi connectivity index (χ1v) is 8.86. The van der Waals surface area contributed by atoms with Crippen molar-refractivity contribution in [3.05, 3.63) is 107 Å². The number of hydrogen-bond acceptors (Lipinski definition) is 3. The smallest absolute Gasteiger partial charge is 0.337 e. The number of allylic oxidation sites excluding steroid dienone is 1. The van der Waals surface area contributed by atoms with E-state index >= 15 is 0 Å². The van der Waals surface area contributed by atoms with Crippen LogP contribution in [0.5, 0.6) is 5.75 Å². The van der Waals surface area contributed by atoms with Crippen molar-refractivity contribution >= 4 is 12.0 Å². The Kier molecular flexibility index (Phi) is 6.42. The molecule has 0 fully saturated rings. The van der Waals surface area contributed by atoms with E-state index in [0.717, 1.165) is 28.9 Å². The molecule has 3 rings (SSSR count). The van der Waals surface area contributed by atoms with Crippen molar-refractivity contribution in [2.75, 3.05) is 7.11 Å². The summed E-state index contributed by atoms with van der Waals surface area (Å²) in [6.07, 6.45) is 4.81. The van der Waals surface area contributed by atoms with Gasteiger partial charge in [-0.1, -0.05) is 72.8 Å². The standard InChI is InChI=1S/C24H22O3/c1-26-24(25)22-15-8-12-19(17-22)11-7-14-21-13-5-6-16-23(21)27-18-20-9-3-2-4-10-20/h2-13,15-17H,14,18H2,1H3. The first kappa shape index (κ1) is 18.5. The van der Waals surface area contributed by atoms with E-state index in [1.54, 1.807) is 6.07 Å². The Hall–Kier alpha value is -3.33. The molecule has 0 heterocycles. The maximum atomic E-state index is 11.6. The molecule has 0 aromatic heterocycles. The maximum Gasteiger partial charge on any atom is 0.337 e. The highest BCUT2D eigenvalue weighted by Gasteiger charge is 2.05. The fourth-order valence-corrected chi connectivity index (χ4v) is 2.76. The van der Waals surface area contributed by atoms with Gasteiger partial charge in [-0.05, 0) is 41.3 Å². The van der Waals surface area contributed by atoms with Crippen molar-refractivity contribution in [3.8, 4) is 5.75 Å². The van der Waals surface area contributed by atoms with Gasteiger partial charge in [0.2, 0.25) is 0 Å². The van der Waals surface area contributed by atoms with Crippen LogP contribution in [0.15, 0.2) is 84.9 Å². The number of para-hydroxylation sites is 1. The lowest BCUT2D eigenvalue weighted by Crippen LogP contribution is -2.00. The van der Waals surface area contributed by atoms with Gasteiger partial charge in [0.15, 0.2) is 0 Å². The highest BCUT2D eigenvalue weighted by molar-refractivity contribution is 5.90. The van der Waals surface area contributed by atoms with E-state index in [1.807, 2.05) is 60.7 Å². The summed E-state index contributed by atoms with van der Waals surface area (Å²) in [5, 5.41) is 0. The van der Waals surface area contributed by atoms with Crippen LogP contribution in [0.2, 0.25) is 0 Å². The van der Waals surface area contributed by atoms with Crippen molar-refractivity contribution in [3.63, 3.8) is 0 Å². The minimum Gasteiger partial charge on any atom is -0.489 e. The molecule has 0 aliphatic rings. The molecule has 0 atom stereocenters. The van der Waals surface area contributed by atoms with Crippen LogP contribution in [0.3, 0.4) is 0 Å². The quantitative estimate of drug-likeness (QED) is 0.537. The van der Waals surface area contributed by atoms with Gasteiger partial charge in [-0.15, -0.1) is 0 Å². The minimum atomic E-state index is -0.329. The largest absolute Gasteiger partial charge is 0.489 e. The average molecular weight is 358 g/mol. The van der Waals surface area contributed by atoms with Gasteiger partial charge in [0, 0.05) is 0 Å². The SMILES string of the molecule is COC(=O)c1cccc(C=CCc2ccccc2OCc2ccccc2)c1. The lowest BCUT2D eigenvalue weighted by molar-refractivity contribution is 0.0600. The molecule has 0 aliphatic carbocycles. The zero-order valence-electron chi connectivity index (χ0n) is 15.3. The lowest BCUT2D eigenvalue weighted by Gasteiger charge is -2.10. The predicted molar refractivity (Wildman–Crippen MR) is 108 cm³/mol. The van der Waals surface area contributed by atoms with Crippen molar-refractivity contribution < 1.29 is 14.3 Å². The van der Waals surface area contributed by atoms with Gasteiger partial charge < -0.3 is 9.47 Å². The first-order valence-electron chi connectivity index (χ1n) is 8.86. The van der Waals surface area contributed by atoms with Gasteiger partial charge in [-0.3, -0.25) is 0 Å². The van der Waals surface area contributed by atoms with Gasteiger partial charge in [-0.25, -0.2) is 4.79 Å². The second-order valence-corrected chi connectivity index (χ2v) is 6.11. The summed E-state index contributed by atoms with van der Waals surface area (Å²) in [5.74, 6) is 0.555. The molecular weight excluding hydrogens is 336 g/mol. The molecule has 0 saturated carbocycles. The number of rotatable bonds is 7. The molecule has 136 valence electrons. The van der Waals surface area contributed by atoms with E-state index < -0.39 is 0 Å². The molecule has 27 heavy (non-hydrogen) atoms. The molecular formula is C24H22O3. The van der Waals surface area contributed by atoms with Gasteiger partial charge in [0.25, 0.3) is 0 Å². The van der Waals surface area contributed by atoms with E-state index in [2.05, 4.69) is 24.3 Å². The van der Waals surface area contributed by atoms with Crippen molar-refractivity contribution in [1.82, 2.24) is 0 Å². The van der Waals surface area contributed by atoms with Crippen LogP contribution in [0.25, 0.3) is 6.08 Å². The van der Waals surface area contributed by atoms with Crippen LogP contribution in [-0.4, -0.2) is 13.1 Å². The van der Waals surface area contributed by atoms with E-state index in [0.29, 0.717) is 12.2 Å². The summed E-state index contributed by atoms with van der Waals surface area (Å²) >= 11 is 0. The molecule has 0 radical (unpaired) electrons. The van der Waals surface area contributed by atoms with Gasteiger partial charge in [0.05, 0.1) is 12.7 Å². The molecule has 3 aromatic rings. The molecule has 0 aliphatic heterocycles. The third-order valence-corrected chi connectivity index (χ3v) is 4.17. The van der Waals surface area contributed by atoms with Gasteiger partial charge in [-0.2, -0.15) is 0 Å². The van der Waals surface area contributed by atoms with Crippen LogP contribution in [-0.2, 0) is 17.8 Å². The fraction of sp³-hybridized carbons (Fsp3) is 0.125. The normalized spacial score (nSPS) is 10.7. The second-order valence-electron chi connectivity index (χ2n) is 6.11. The van der Waals surface area contributed by atoms with Crippen molar-refractivity contribution in [1.29, 1.82) is 0 Å². The molecule has 0 spiro atoms. The third-order valence-electron chi connectivity index (χ3n) is 4.17. The van der Waals surface area contributed by atoms with Crippen molar-refractivity contribution in [2.24, 2.45) is 0 Å². The Balaban J connectivity index is 1.66. The van der Waals surface area contributed by atoms with E-state index in [9.17, 15) is 4.79 Å². The monoisotopic (exact) mass is 358 g/mol. The first-order chi connectivity index (χ1) is 13.3. The zero-order valence-corrected chi connectivity index (χ0v) is 15.3.